The molecule has 33 heavy (non-hydrogen) atoms. The van der Waals surface area contributed by atoms with Gasteiger partial charge in [-0.15, -0.1) is 11.3 Å². The standard InChI is InChI=1S/C24H21FN3OS3.ClH/c1-4-28-23(14-22-26(2)16-7-5-6-8-18(16)31-22)32-20(24(28)29)11-12-21-27(3)17-13-15(25)9-10-19(17)30-21;/h5-14H,4H2,1-3H3;1H/q+1;/p-1/b20-11-,21-12-;. The molecule has 0 radical (unpaired) electrons. The molecule has 3 heterocycles. The summed E-state index contributed by atoms with van der Waals surface area (Å²) in [5.41, 5.74) is 2.04. The number of para-hydroxylation sites is 1. The van der Waals surface area contributed by atoms with Crippen molar-refractivity contribution in [1.82, 2.24) is 4.57 Å². The van der Waals surface area contributed by atoms with E-state index in [1.165, 1.54) is 33.7 Å². The van der Waals surface area contributed by atoms with E-state index in [0.717, 1.165) is 25.3 Å². The van der Waals surface area contributed by atoms with Gasteiger partial charge in [0.2, 0.25) is 5.52 Å². The average Bonchev–Trinajstić information content (AvgIpc) is 3.38. The molecule has 4 nitrogen and oxygen atoms in total. The van der Waals surface area contributed by atoms with Gasteiger partial charge in [-0.25, -0.2) is 4.39 Å². The van der Waals surface area contributed by atoms with Crippen LogP contribution < -0.4 is 36.6 Å². The van der Waals surface area contributed by atoms with Gasteiger partial charge < -0.3 is 17.3 Å². The average molecular weight is 518 g/mol. The van der Waals surface area contributed by atoms with Crippen molar-refractivity contribution >= 4 is 62.5 Å². The van der Waals surface area contributed by atoms with Crippen LogP contribution in [0.3, 0.4) is 0 Å². The highest BCUT2D eigenvalue weighted by Gasteiger charge is 2.22. The summed E-state index contributed by atoms with van der Waals surface area (Å²) in [4.78, 5) is 16.0. The first-order valence-electron chi connectivity index (χ1n) is 10.2. The molecule has 1 aliphatic heterocycles. The maximum absolute atomic E-state index is 13.6. The molecule has 0 bridgehead atoms. The normalized spacial score (nSPS) is 15.5. The number of rotatable bonds is 3. The van der Waals surface area contributed by atoms with Gasteiger partial charge in [-0.1, -0.05) is 35.2 Å². The number of fused-ring (bicyclic) bond motifs is 2. The van der Waals surface area contributed by atoms with Gasteiger partial charge in [0.1, 0.15) is 22.2 Å². The molecule has 0 aliphatic carbocycles. The summed E-state index contributed by atoms with van der Waals surface area (Å²) in [5.74, 6) is -0.250. The third kappa shape index (κ3) is 4.28. The van der Waals surface area contributed by atoms with Gasteiger partial charge in [0.25, 0.3) is 10.6 Å². The number of anilines is 1. The van der Waals surface area contributed by atoms with E-state index in [0.29, 0.717) is 11.1 Å². The highest BCUT2D eigenvalue weighted by molar-refractivity contribution is 8.03. The third-order valence-corrected chi connectivity index (χ3v) is 8.90. The van der Waals surface area contributed by atoms with Crippen LogP contribution >= 0.6 is 34.4 Å². The van der Waals surface area contributed by atoms with E-state index in [2.05, 4.69) is 29.8 Å². The number of hydrogen-bond acceptors (Lipinski definition) is 5. The van der Waals surface area contributed by atoms with Crippen LogP contribution in [0.1, 0.15) is 11.9 Å². The Bertz CT molecular complexity index is 1570. The second-order valence-electron chi connectivity index (χ2n) is 7.41. The van der Waals surface area contributed by atoms with Gasteiger partial charge in [0.05, 0.1) is 21.3 Å². The molecule has 4 aromatic rings. The minimum Gasteiger partial charge on any atom is -1.00 e. The molecule has 170 valence electrons. The first-order chi connectivity index (χ1) is 15.5. The van der Waals surface area contributed by atoms with Crippen LogP contribution in [0.4, 0.5) is 10.1 Å². The quantitative estimate of drug-likeness (QED) is 0.377. The molecule has 0 atom stereocenters. The number of allylic oxidation sites excluding steroid dienone is 1. The Labute approximate surface area is 209 Å². The molecule has 0 saturated carbocycles. The fraction of sp³-hybridized carbons (Fsp3) is 0.167. The summed E-state index contributed by atoms with van der Waals surface area (Å²) >= 11 is 4.79. The van der Waals surface area contributed by atoms with E-state index in [1.54, 1.807) is 29.2 Å². The summed E-state index contributed by atoms with van der Waals surface area (Å²) in [6.07, 6.45) is 5.92. The van der Waals surface area contributed by atoms with Gasteiger partial charge in [-0.2, -0.15) is 4.57 Å². The predicted octanol–water partition coefficient (Wildman–Crippen LogP) is 0.805. The number of thiazole rings is 2. The Morgan fingerprint density at radius 2 is 1.91 bits per heavy atom. The van der Waals surface area contributed by atoms with Crippen LogP contribution in [0.25, 0.3) is 22.4 Å². The van der Waals surface area contributed by atoms with Crippen molar-refractivity contribution in [3.05, 3.63) is 83.9 Å². The molecular formula is C24H21ClFN3OS3. The van der Waals surface area contributed by atoms with Gasteiger partial charge in [0.15, 0.2) is 0 Å². The van der Waals surface area contributed by atoms with Crippen molar-refractivity contribution in [2.75, 3.05) is 11.9 Å². The number of aromatic nitrogens is 2. The van der Waals surface area contributed by atoms with Crippen LogP contribution in [0.2, 0.25) is 0 Å². The monoisotopic (exact) mass is 517 g/mol. The zero-order chi connectivity index (χ0) is 22.4. The first-order valence-corrected chi connectivity index (χ1v) is 12.6. The Morgan fingerprint density at radius 1 is 1.12 bits per heavy atom. The summed E-state index contributed by atoms with van der Waals surface area (Å²) < 4.78 is 20.4. The Morgan fingerprint density at radius 3 is 2.67 bits per heavy atom. The fourth-order valence-electron chi connectivity index (χ4n) is 3.74. The minimum atomic E-state index is -0.250. The maximum atomic E-state index is 13.6. The summed E-state index contributed by atoms with van der Waals surface area (Å²) in [6, 6.07) is 13.1. The van der Waals surface area contributed by atoms with Crippen molar-refractivity contribution in [3.63, 3.8) is 0 Å². The molecule has 9 heteroatoms. The van der Waals surface area contributed by atoms with E-state index < -0.39 is 0 Å². The predicted molar refractivity (Wildman–Crippen MR) is 133 cm³/mol. The Hall–Kier alpha value is -2.39. The lowest BCUT2D eigenvalue weighted by molar-refractivity contribution is -0.642. The van der Waals surface area contributed by atoms with Crippen molar-refractivity contribution in [2.45, 2.75) is 18.4 Å². The lowest BCUT2D eigenvalue weighted by atomic mass is 10.3. The van der Waals surface area contributed by atoms with Crippen molar-refractivity contribution in [3.8, 4) is 0 Å². The smallest absolute Gasteiger partial charge is 0.269 e. The molecule has 0 saturated heterocycles. The molecular weight excluding hydrogens is 497 g/mol. The van der Waals surface area contributed by atoms with E-state index in [9.17, 15) is 9.18 Å². The summed E-state index contributed by atoms with van der Waals surface area (Å²) in [6.45, 7) is 2.60. The topological polar surface area (TPSA) is 29.1 Å². The molecule has 0 amide bonds. The number of halogens is 2. The van der Waals surface area contributed by atoms with E-state index in [1.807, 2.05) is 47.7 Å². The lowest BCUT2D eigenvalue weighted by Gasteiger charge is -2.12. The molecule has 0 N–H and O–H groups in total. The summed E-state index contributed by atoms with van der Waals surface area (Å²) in [5, 5.41) is 2.06. The zero-order valence-corrected chi connectivity index (χ0v) is 21.4. The highest BCUT2D eigenvalue weighted by atomic mass is 35.5. The number of thioether (sulfide) groups is 1. The van der Waals surface area contributed by atoms with Gasteiger partial charge >= 0.3 is 0 Å². The largest absolute Gasteiger partial charge is 1.00 e. The van der Waals surface area contributed by atoms with Gasteiger partial charge in [0, 0.05) is 24.6 Å². The van der Waals surface area contributed by atoms with Crippen LogP contribution in [0, 0.1) is 5.82 Å². The second kappa shape index (κ2) is 9.46. The molecule has 0 spiro atoms. The molecule has 2 aromatic heterocycles. The highest BCUT2D eigenvalue weighted by Crippen LogP contribution is 2.45. The molecule has 5 rings (SSSR count). The van der Waals surface area contributed by atoms with Gasteiger partial charge in [-0.05, 0) is 43.3 Å². The number of benzene rings is 2. The van der Waals surface area contributed by atoms with E-state index >= 15 is 0 Å². The fourth-order valence-corrected chi connectivity index (χ4v) is 6.99. The maximum Gasteiger partial charge on any atom is 0.269 e. The Kier molecular flexibility index (Phi) is 6.81. The van der Waals surface area contributed by atoms with Crippen molar-refractivity contribution in [2.24, 2.45) is 7.05 Å². The molecule has 0 unspecified atom stereocenters. The Balaban J connectivity index is 0.00000259. The first kappa shape index (κ1) is 23.8. The molecule has 2 aromatic carbocycles. The third-order valence-electron chi connectivity index (χ3n) is 5.48. The lowest BCUT2D eigenvalue weighted by Crippen LogP contribution is -3.00. The van der Waals surface area contributed by atoms with Crippen LogP contribution in [0.15, 0.2) is 63.3 Å². The number of hydrogen-bond donors (Lipinski definition) is 0. The van der Waals surface area contributed by atoms with Crippen LogP contribution in [0.5, 0.6) is 0 Å². The number of nitrogens with zero attached hydrogens (tertiary/aromatic N) is 3. The molecule has 0 fully saturated rings. The zero-order valence-electron chi connectivity index (χ0n) is 18.2. The van der Waals surface area contributed by atoms with Crippen LogP contribution in [-0.2, 0) is 13.6 Å². The molecule has 1 aliphatic rings. The van der Waals surface area contributed by atoms with Gasteiger partial charge in [-0.3, -0.25) is 9.36 Å². The second-order valence-corrected chi connectivity index (χ2v) is 10.6. The van der Waals surface area contributed by atoms with E-state index in [4.69, 9.17) is 0 Å². The van der Waals surface area contributed by atoms with E-state index in [-0.39, 0.29) is 23.8 Å². The summed E-state index contributed by atoms with van der Waals surface area (Å²) in [7, 11) is 3.97. The minimum absolute atomic E-state index is 0. The van der Waals surface area contributed by atoms with Crippen molar-refractivity contribution in [1.29, 1.82) is 0 Å². The SMILES string of the molecule is CCn1c(=O)/c(=C/C=C2\Sc3ccc(F)cc3N2C)s/c1=C\c1sc2ccccc2[n+]1C.[Cl-]. The van der Waals surface area contributed by atoms with Crippen molar-refractivity contribution < 1.29 is 21.4 Å². The number of aryl methyl sites for hydroxylation is 1. The van der Waals surface area contributed by atoms with Crippen LogP contribution in [-0.4, -0.2) is 11.6 Å².